The first-order valence-corrected chi connectivity index (χ1v) is 7.47. The molecule has 0 saturated heterocycles. The number of hydrogen-bond donors (Lipinski definition) is 1. The summed E-state index contributed by atoms with van der Waals surface area (Å²) in [5.41, 5.74) is 0.596. The zero-order chi connectivity index (χ0) is 17.2. The van der Waals surface area contributed by atoms with Crippen molar-refractivity contribution in [3.63, 3.8) is 0 Å². The molecule has 1 heterocycles. The van der Waals surface area contributed by atoms with E-state index in [4.69, 9.17) is 9.57 Å². The number of anilines is 1. The van der Waals surface area contributed by atoms with E-state index in [9.17, 15) is 9.18 Å². The first kappa shape index (κ1) is 16.0. The summed E-state index contributed by atoms with van der Waals surface area (Å²) in [6.07, 6.45) is 0.256. The third-order valence-corrected chi connectivity index (χ3v) is 3.83. The van der Waals surface area contributed by atoms with Crippen molar-refractivity contribution in [1.82, 2.24) is 0 Å². The van der Waals surface area contributed by atoms with E-state index in [-0.39, 0.29) is 18.1 Å². The van der Waals surface area contributed by atoms with Crippen LogP contribution in [0.3, 0.4) is 0 Å². The summed E-state index contributed by atoms with van der Waals surface area (Å²) in [6.45, 7) is 1.65. The van der Waals surface area contributed by atoms with Gasteiger partial charge < -0.3 is 14.9 Å². The number of ether oxygens (including phenoxy) is 1. The van der Waals surface area contributed by atoms with Gasteiger partial charge in [-0.05, 0) is 31.2 Å². The van der Waals surface area contributed by atoms with Crippen LogP contribution >= 0.6 is 0 Å². The zero-order valence-electron chi connectivity index (χ0n) is 13.4. The number of carbonyl (C=O) groups excluding carboxylic acids is 1. The van der Waals surface area contributed by atoms with Crippen LogP contribution in [0, 0.1) is 5.82 Å². The Bertz CT molecular complexity index is 806. The average molecular weight is 328 g/mol. The number of nitrogens with zero attached hydrogens (tertiary/aromatic N) is 1. The molecule has 124 valence electrons. The lowest BCUT2D eigenvalue weighted by Crippen LogP contribution is -2.40. The van der Waals surface area contributed by atoms with Crippen molar-refractivity contribution >= 4 is 17.3 Å². The molecule has 0 aliphatic carbocycles. The van der Waals surface area contributed by atoms with Crippen LogP contribution in [-0.2, 0) is 9.63 Å². The van der Waals surface area contributed by atoms with Crippen molar-refractivity contribution in [2.45, 2.75) is 18.9 Å². The minimum Gasteiger partial charge on any atom is -0.497 e. The molecule has 2 aromatic rings. The lowest BCUT2D eigenvalue weighted by Gasteiger charge is -2.20. The number of oxime groups is 1. The summed E-state index contributed by atoms with van der Waals surface area (Å²) in [7, 11) is 1.56. The molecule has 0 aromatic heterocycles. The maximum absolute atomic E-state index is 13.3. The van der Waals surface area contributed by atoms with Gasteiger partial charge in [0, 0.05) is 23.7 Å². The Morgan fingerprint density at radius 3 is 2.83 bits per heavy atom. The van der Waals surface area contributed by atoms with Gasteiger partial charge in [-0.25, -0.2) is 4.39 Å². The minimum absolute atomic E-state index is 0.256. The van der Waals surface area contributed by atoms with Crippen molar-refractivity contribution in [3.8, 4) is 5.75 Å². The Morgan fingerprint density at radius 2 is 2.08 bits per heavy atom. The third kappa shape index (κ3) is 3.22. The SMILES string of the molecule is COc1cccc(NC(=O)[C@@]2(C)CC(c3cccc(F)c3)=NO2)c1. The molecule has 1 amide bonds. The molecule has 0 bridgehead atoms. The molecule has 24 heavy (non-hydrogen) atoms. The predicted octanol–water partition coefficient (Wildman–Crippen LogP) is 3.36. The highest BCUT2D eigenvalue weighted by Gasteiger charge is 2.42. The second-order valence-corrected chi connectivity index (χ2v) is 5.73. The largest absolute Gasteiger partial charge is 0.497 e. The van der Waals surface area contributed by atoms with Gasteiger partial charge in [-0.1, -0.05) is 23.4 Å². The van der Waals surface area contributed by atoms with Gasteiger partial charge in [0.15, 0.2) is 0 Å². The lowest BCUT2D eigenvalue weighted by molar-refractivity contribution is -0.135. The van der Waals surface area contributed by atoms with Crippen LogP contribution in [-0.4, -0.2) is 24.3 Å². The molecule has 1 aliphatic heterocycles. The van der Waals surface area contributed by atoms with Crippen LogP contribution in [0.1, 0.15) is 18.9 Å². The van der Waals surface area contributed by atoms with Crippen LogP contribution in [0.25, 0.3) is 0 Å². The first-order valence-electron chi connectivity index (χ1n) is 7.47. The number of hydrogen-bond acceptors (Lipinski definition) is 4. The number of halogens is 1. The van der Waals surface area contributed by atoms with E-state index in [0.29, 0.717) is 22.7 Å². The topological polar surface area (TPSA) is 59.9 Å². The highest BCUT2D eigenvalue weighted by atomic mass is 19.1. The molecule has 0 spiro atoms. The molecule has 2 aromatic carbocycles. The van der Waals surface area contributed by atoms with Gasteiger partial charge in [0.05, 0.1) is 12.8 Å². The average Bonchev–Trinajstić information content (AvgIpc) is 2.99. The summed E-state index contributed by atoms with van der Waals surface area (Å²) < 4.78 is 18.5. The molecular formula is C18H17FN2O3. The van der Waals surface area contributed by atoms with E-state index in [0.717, 1.165) is 0 Å². The fraction of sp³-hybridized carbons (Fsp3) is 0.222. The number of nitrogens with one attached hydrogen (secondary N) is 1. The Balaban J connectivity index is 1.72. The standard InChI is InChI=1S/C18H17FN2O3/c1-18(17(22)20-14-7-4-8-15(10-14)23-2)11-16(21-24-18)12-5-3-6-13(19)9-12/h3-10H,11H2,1-2H3,(H,20,22)/t18-/m1/s1. The number of benzene rings is 2. The maximum Gasteiger partial charge on any atom is 0.271 e. The van der Waals surface area contributed by atoms with Gasteiger partial charge >= 0.3 is 0 Å². The minimum atomic E-state index is -1.15. The lowest BCUT2D eigenvalue weighted by atomic mass is 9.95. The molecule has 1 N–H and O–H groups in total. The Kier molecular flexibility index (Phi) is 4.20. The number of carbonyl (C=O) groups is 1. The van der Waals surface area contributed by atoms with Crippen LogP contribution in [0.15, 0.2) is 53.7 Å². The molecule has 0 fully saturated rings. The fourth-order valence-corrected chi connectivity index (χ4v) is 2.45. The number of rotatable bonds is 4. The van der Waals surface area contributed by atoms with E-state index in [1.165, 1.54) is 12.1 Å². The second-order valence-electron chi connectivity index (χ2n) is 5.73. The highest BCUT2D eigenvalue weighted by molar-refractivity contribution is 6.07. The van der Waals surface area contributed by atoms with E-state index >= 15 is 0 Å². The van der Waals surface area contributed by atoms with Crippen molar-refractivity contribution in [1.29, 1.82) is 0 Å². The molecule has 3 rings (SSSR count). The summed E-state index contributed by atoms with van der Waals surface area (Å²) in [6, 6.07) is 13.1. The number of amides is 1. The summed E-state index contributed by atoms with van der Waals surface area (Å²) in [5, 5.41) is 6.75. The molecular weight excluding hydrogens is 311 g/mol. The molecule has 6 heteroatoms. The number of methoxy groups -OCH3 is 1. The van der Waals surface area contributed by atoms with Gasteiger partial charge in [0.2, 0.25) is 5.60 Å². The van der Waals surface area contributed by atoms with Crippen LogP contribution < -0.4 is 10.1 Å². The van der Waals surface area contributed by atoms with Crippen LogP contribution in [0.4, 0.5) is 10.1 Å². The predicted molar refractivity (Wildman–Crippen MR) is 88.7 cm³/mol. The van der Waals surface area contributed by atoms with Gasteiger partial charge in [-0.2, -0.15) is 0 Å². The molecule has 1 atom stereocenters. The van der Waals surface area contributed by atoms with Gasteiger partial charge in [0.25, 0.3) is 5.91 Å². The Hall–Kier alpha value is -2.89. The summed E-state index contributed by atoms with van der Waals surface area (Å²) in [4.78, 5) is 17.9. The molecule has 0 saturated carbocycles. The van der Waals surface area contributed by atoms with Gasteiger partial charge in [0.1, 0.15) is 11.6 Å². The maximum atomic E-state index is 13.3. The van der Waals surface area contributed by atoms with Crippen LogP contribution in [0.2, 0.25) is 0 Å². The molecule has 0 radical (unpaired) electrons. The van der Waals surface area contributed by atoms with E-state index in [1.807, 2.05) is 0 Å². The Labute approximate surface area is 139 Å². The quantitative estimate of drug-likeness (QED) is 0.936. The van der Waals surface area contributed by atoms with Crippen molar-refractivity contribution in [3.05, 3.63) is 59.9 Å². The van der Waals surface area contributed by atoms with Crippen molar-refractivity contribution < 1.29 is 18.8 Å². The fourth-order valence-electron chi connectivity index (χ4n) is 2.45. The summed E-state index contributed by atoms with van der Waals surface area (Å²) >= 11 is 0. The molecule has 0 unspecified atom stereocenters. The van der Waals surface area contributed by atoms with E-state index in [1.54, 1.807) is 50.4 Å². The smallest absolute Gasteiger partial charge is 0.271 e. The zero-order valence-corrected chi connectivity index (χ0v) is 13.4. The van der Waals surface area contributed by atoms with E-state index in [2.05, 4.69) is 10.5 Å². The highest BCUT2D eigenvalue weighted by Crippen LogP contribution is 2.28. The Morgan fingerprint density at radius 1 is 1.29 bits per heavy atom. The first-order chi connectivity index (χ1) is 11.5. The molecule has 5 nitrogen and oxygen atoms in total. The monoisotopic (exact) mass is 328 g/mol. The summed E-state index contributed by atoms with van der Waals surface area (Å²) in [5.74, 6) is -0.0439. The molecule has 1 aliphatic rings. The van der Waals surface area contributed by atoms with Gasteiger partial charge in [-0.15, -0.1) is 0 Å². The van der Waals surface area contributed by atoms with Crippen molar-refractivity contribution in [2.24, 2.45) is 5.16 Å². The van der Waals surface area contributed by atoms with Gasteiger partial charge in [-0.3, -0.25) is 4.79 Å². The normalized spacial score (nSPS) is 19.4. The van der Waals surface area contributed by atoms with Crippen LogP contribution in [0.5, 0.6) is 5.75 Å². The van der Waals surface area contributed by atoms with Crippen molar-refractivity contribution in [2.75, 3.05) is 12.4 Å². The van der Waals surface area contributed by atoms with E-state index < -0.39 is 5.60 Å². The third-order valence-electron chi connectivity index (χ3n) is 3.83. The second kappa shape index (κ2) is 6.31.